The summed E-state index contributed by atoms with van der Waals surface area (Å²) >= 11 is 0. The van der Waals surface area contributed by atoms with Crippen LogP contribution in [0.4, 0.5) is 0 Å². The largest absolute Gasteiger partial charge is 0.481 e. The number of carboxylic acids is 1. The van der Waals surface area contributed by atoms with E-state index in [1.54, 1.807) is 17.0 Å². The van der Waals surface area contributed by atoms with Crippen LogP contribution < -0.4 is 0 Å². The maximum absolute atomic E-state index is 11.4. The zero-order valence-electron chi connectivity index (χ0n) is 10.5. The molecule has 0 amide bonds. The lowest BCUT2D eigenvalue weighted by atomic mass is 9.69. The van der Waals surface area contributed by atoms with E-state index in [4.69, 9.17) is 4.42 Å². The molecule has 19 heavy (non-hydrogen) atoms. The molecule has 0 aromatic carbocycles. The Morgan fingerprint density at radius 2 is 2.37 bits per heavy atom. The zero-order chi connectivity index (χ0) is 13.5. The van der Waals surface area contributed by atoms with Gasteiger partial charge in [0.2, 0.25) is 0 Å². The highest BCUT2D eigenvalue weighted by Crippen LogP contribution is 2.43. The Bertz CT molecular complexity index is 612. The predicted molar refractivity (Wildman–Crippen MR) is 64.2 cm³/mol. The summed E-state index contributed by atoms with van der Waals surface area (Å²) in [7, 11) is 0. The highest BCUT2D eigenvalue weighted by molar-refractivity contribution is 5.75. The summed E-state index contributed by atoms with van der Waals surface area (Å²) in [6, 6.07) is 1.78. The van der Waals surface area contributed by atoms with Crippen molar-refractivity contribution >= 4 is 5.97 Å². The summed E-state index contributed by atoms with van der Waals surface area (Å²) in [6.07, 6.45) is 3.85. The first-order valence-corrected chi connectivity index (χ1v) is 6.16. The molecule has 0 spiro atoms. The first kappa shape index (κ1) is 11.9. The fraction of sp³-hybridized carbons (Fsp3) is 0.500. The average molecular weight is 262 g/mol. The number of furan rings is 1. The molecular weight excluding hydrogens is 248 g/mol. The number of rotatable bonds is 4. The molecule has 1 fully saturated rings. The summed E-state index contributed by atoms with van der Waals surface area (Å²) < 4.78 is 6.80. The van der Waals surface area contributed by atoms with E-state index in [-0.39, 0.29) is 0 Å². The van der Waals surface area contributed by atoms with Crippen LogP contribution in [0.3, 0.4) is 0 Å². The van der Waals surface area contributed by atoms with Crippen molar-refractivity contribution in [1.82, 2.24) is 20.2 Å². The van der Waals surface area contributed by atoms with Crippen molar-refractivity contribution in [3.8, 4) is 11.4 Å². The maximum atomic E-state index is 11.4. The van der Waals surface area contributed by atoms with Gasteiger partial charge in [0.15, 0.2) is 5.82 Å². The molecule has 3 rings (SSSR count). The van der Waals surface area contributed by atoms with Gasteiger partial charge in [0.05, 0.1) is 23.8 Å². The van der Waals surface area contributed by atoms with Crippen LogP contribution in [0, 0.1) is 12.3 Å². The van der Waals surface area contributed by atoms with Crippen molar-refractivity contribution in [2.75, 3.05) is 0 Å². The first-order valence-electron chi connectivity index (χ1n) is 6.16. The van der Waals surface area contributed by atoms with Gasteiger partial charge in [-0.2, -0.15) is 0 Å². The van der Waals surface area contributed by atoms with Gasteiger partial charge in [-0.25, -0.2) is 4.68 Å². The van der Waals surface area contributed by atoms with Gasteiger partial charge < -0.3 is 9.52 Å². The molecule has 2 aromatic heterocycles. The van der Waals surface area contributed by atoms with Gasteiger partial charge in [-0.1, -0.05) is 6.42 Å². The standard InChI is InChI=1S/C12H14N4O3/c1-8-9(3-6-19-8)10-13-14-15-16(10)7-12(11(17)18)4-2-5-12/h3,6H,2,4-5,7H2,1H3,(H,17,18). The van der Waals surface area contributed by atoms with Crippen LogP contribution in [-0.4, -0.2) is 31.3 Å². The molecule has 0 saturated heterocycles. The molecule has 100 valence electrons. The minimum atomic E-state index is -0.774. The van der Waals surface area contributed by atoms with E-state index in [9.17, 15) is 9.90 Å². The van der Waals surface area contributed by atoms with E-state index >= 15 is 0 Å². The third-order valence-corrected chi connectivity index (χ3v) is 3.85. The zero-order valence-corrected chi connectivity index (χ0v) is 10.5. The summed E-state index contributed by atoms with van der Waals surface area (Å²) in [4.78, 5) is 11.4. The van der Waals surface area contributed by atoms with Gasteiger partial charge >= 0.3 is 5.97 Å². The van der Waals surface area contributed by atoms with Crippen LogP contribution in [0.5, 0.6) is 0 Å². The fourth-order valence-corrected chi connectivity index (χ4v) is 2.45. The molecule has 0 bridgehead atoms. The molecule has 2 heterocycles. The molecule has 0 radical (unpaired) electrons. The van der Waals surface area contributed by atoms with E-state index in [2.05, 4.69) is 15.5 Å². The van der Waals surface area contributed by atoms with Crippen LogP contribution >= 0.6 is 0 Å². The van der Waals surface area contributed by atoms with E-state index in [0.717, 1.165) is 12.0 Å². The number of aryl methyl sites for hydroxylation is 1. The lowest BCUT2D eigenvalue weighted by Crippen LogP contribution is -2.42. The van der Waals surface area contributed by atoms with Gasteiger partial charge in [-0.3, -0.25) is 4.79 Å². The topological polar surface area (TPSA) is 94.0 Å². The highest BCUT2D eigenvalue weighted by Gasteiger charge is 2.45. The molecule has 1 saturated carbocycles. The Morgan fingerprint density at radius 1 is 1.58 bits per heavy atom. The van der Waals surface area contributed by atoms with Gasteiger partial charge in [-0.15, -0.1) is 5.10 Å². The number of nitrogens with zero attached hydrogens (tertiary/aromatic N) is 4. The van der Waals surface area contributed by atoms with Crippen molar-refractivity contribution < 1.29 is 14.3 Å². The minimum absolute atomic E-state index is 0.301. The number of tetrazole rings is 1. The molecule has 2 aromatic rings. The third-order valence-electron chi connectivity index (χ3n) is 3.85. The van der Waals surface area contributed by atoms with Gasteiger partial charge in [-0.05, 0) is 36.3 Å². The second kappa shape index (κ2) is 4.18. The quantitative estimate of drug-likeness (QED) is 0.897. The van der Waals surface area contributed by atoms with Crippen LogP contribution in [0.25, 0.3) is 11.4 Å². The van der Waals surface area contributed by atoms with Crippen molar-refractivity contribution in [3.63, 3.8) is 0 Å². The first-order chi connectivity index (χ1) is 9.12. The highest BCUT2D eigenvalue weighted by atomic mass is 16.4. The van der Waals surface area contributed by atoms with E-state index in [1.807, 2.05) is 6.92 Å². The Balaban J connectivity index is 1.93. The maximum Gasteiger partial charge on any atom is 0.311 e. The summed E-state index contributed by atoms with van der Waals surface area (Å²) in [5, 5.41) is 20.9. The average Bonchev–Trinajstić information content (AvgIpc) is 2.91. The third kappa shape index (κ3) is 1.81. The number of aromatic nitrogens is 4. The second-order valence-electron chi connectivity index (χ2n) is 4.99. The number of hydrogen-bond donors (Lipinski definition) is 1. The summed E-state index contributed by atoms with van der Waals surface area (Å²) in [5.41, 5.74) is 0.0757. The number of carboxylic acid groups (broad SMARTS) is 1. The molecule has 1 N–H and O–H groups in total. The van der Waals surface area contributed by atoms with Gasteiger partial charge in [0.1, 0.15) is 5.76 Å². The van der Waals surface area contributed by atoms with Crippen LogP contribution in [-0.2, 0) is 11.3 Å². The van der Waals surface area contributed by atoms with E-state index in [1.165, 1.54) is 0 Å². The molecule has 0 unspecified atom stereocenters. The SMILES string of the molecule is Cc1occc1-c1nnnn1CC1(C(=O)O)CCC1. The van der Waals surface area contributed by atoms with Crippen molar-refractivity contribution in [2.24, 2.45) is 5.41 Å². The Morgan fingerprint density at radius 3 is 2.89 bits per heavy atom. The number of carbonyl (C=O) groups is 1. The second-order valence-corrected chi connectivity index (χ2v) is 4.99. The predicted octanol–water partition coefficient (Wildman–Crippen LogP) is 1.50. The van der Waals surface area contributed by atoms with E-state index in [0.29, 0.717) is 31.0 Å². The lowest BCUT2D eigenvalue weighted by Gasteiger charge is -2.37. The van der Waals surface area contributed by atoms with Crippen LogP contribution in [0.2, 0.25) is 0 Å². The number of hydrogen-bond acceptors (Lipinski definition) is 5. The van der Waals surface area contributed by atoms with Gasteiger partial charge in [0, 0.05) is 0 Å². The number of aliphatic carboxylic acids is 1. The van der Waals surface area contributed by atoms with Crippen LogP contribution in [0.1, 0.15) is 25.0 Å². The molecule has 1 aliphatic rings. The van der Waals surface area contributed by atoms with Crippen molar-refractivity contribution in [3.05, 3.63) is 18.1 Å². The monoisotopic (exact) mass is 262 g/mol. The molecular formula is C12H14N4O3. The fourth-order valence-electron chi connectivity index (χ4n) is 2.45. The van der Waals surface area contributed by atoms with Crippen molar-refractivity contribution in [2.45, 2.75) is 32.7 Å². The van der Waals surface area contributed by atoms with Crippen molar-refractivity contribution in [1.29, 1.82) is 0 Å². The van der Waals surface area contributed by atoms with Crippen LogP contribution in [0.15, 0.2) is 16.7 Å². The molecule has 0 atom stereocenters. The van der Waals surface area contributed by atoms with Gasteiger partial charge in [0.25, 0.3) is 0 Å². The molecule has 0 aliphatic heterocycles. The minimum Gasteiger partial charge on any atom is -0.481 e. The lowest BCUT2D eigenvalue weighted by molar-refractivity contribution is -0.156. The Hall–Kier alpha value is -2.18. The Labute approximate surface area is 109 Å². The summed E-state index contributed by atoms with van der Waals surface area (Å²) in [5.74, 6) is 0.497. The molecule has 7 nitrogen and oxygen atoms in total. The van der Waals surface area contributed by atoms with E-state index < -0.39 is 11.4 Å². The normalized spacial score (nSPS) is 17.1. The smallest absolute Gasteiger partial charge is 0.311 e. The molecule has 1 aliphatic carbocycles. The Kier molecular flexibility index (Phi) is 2.62. The molecule has 7 heteroatoms. The summed E-state index contributed by atoms with van der Waals surface area (Å²) in [6.45, 7) is 2.12.